The number of benzene rings is 2. The van der Waals surface area contributed by atoms with E-state index in [9.17, 15) is 4.79 Å². The lowest BCUT2D eigenvalue weighted by molar-refractivity contribution is 0.0948. The molecule has 0 aliphatic heterocycles. The van der Waals surface area contributed by atoms with Crippen LogP contribution in [0.15, 0.2) is 36.4 Å². The van der Waals surface area contributed by atoms with E-state index in [0.29, 0.717) is 49.2 Å². The van der Waals surface area contributed by atoms with Gasteiger partial charge in [0, 0.05) is 12.6 Å². The molecule has 2 aromatic carbocycles. The molecule has 0 fully saturated rings. The molecular weight excluding hydrogens is 370 g/mol. The Morgan fingerprint density at radius 2 is 1.62 bits per heavy atom. The number of aromatic nitrogens is 2. The van der Waals surface area contributed by atoms with Crippen molar-refractivity contribution in [2.75, 3.05) is 19.8 Å². The van der Waals surface area contributed by atoms with E-state index in [4.69, 9.17) is 14.2 Å². The van der Waals surface area contributed by atoms with E-state index < -0.39 is 0 Å². The largest absolute Gasteiger partial charge is 0.490 e. The van der Waals surface area contributed by atoms with Gasteiger partial charge in [-0.2, -0.15) is 0 Å². The number of rotatable bonds is 9. The third-order valence-corrected chi connectivity index (χ3v) is 4.46. The van der Waals surface area contributed by atoms with Crippen molar-refractivity contribution >= 4 is 16.9 Å². The van der Waals surface area contributed by atoms with E-state index in [-0.39, 0.29) is 5.91 Å². The zero-order valence-electron chi connectivity index (χ0n) is 17.3. The van der Waals surface area contributed by atoms with E-state index in [2.05, 4.69) is 10.3 Å². The highest BCUT2D eigenvalue weighted by Crippen LogP contribution is 2.39. The highest BCUT2D eigenvalue weighted by Gasteiger charge is 2.19. The van der Waals surface area contributed by atoms with Crippen LogP contribution in [-0.4, -0.2) is 35.3 Å². The van der Waals surface area contributed by atoms with Crippen LogP contribution in [0.5, 0.6) is 17.2 Å². The maximum absolute atomic E-state index is 12.8. The van der Waals surface area contributed by atoms with Gasteiger partial charge in [-0.15, -0.1) is 0 Å². The molecule has 0 aliphatic rings. The van der Waals surface area contributed by atoms with Crippen molar-refractivity contribution in [2.24, 2.45) is 7.05 Å². The molecule has 1 heterocycles. The molecule has 7 nitrogen and oxygen atoms in total. The molecular formula is C22H27N3O4. The fourth-order valence-electron chi connectivity index (χ4n) is 3.13. The monoisotopic (exact) mass is 397 g/mol. The van der Waals surface area contributed by atoms with Gasteiger partial charge in [-0.3, -0.25) is 4.79 Å². The standard InChI is InChI=1S/C22H27N3O4/c1-5-27-18-12-15(13-19(28-6-2)21(18)29-7-3)22(26)23-14-20-24-16-10-8-9-11-17(16)25(20)4/h8-13H,5-7,14H2,1-4H3,(H,23,26). The molecule has 154 valence electrons. The summed E-state index contributed by atoms with van der Waals surface area (Å²) in [7, 11) is 1.94. The molecule has 7 heteroatoms. The van der Waals surface area contributed by atoms with Crippen LogP contribution in [-0.2, 0) is 13.6 Å². The Labute approximate surface area is 170 Å². The van der Waals surface area contributed by atoms with E-state index in [1.54, 1.807) is 12.1 Å². The summed E-state index contributed by atoms with van der Waals surface area (Å²) in [6.07, 6.45) is 0. The van der Waals surface area contributed by atoms with Gasteiger partial charge in [-0.25, -0.2) is 4.98 Å². The van der Waals surface area contributed by atoms with Crippen LogP contribution >= 0.6 is 0 Å². The molecule has 29 heavy (non-hydrogen) atoms. The first kappa shape index (κ1) is 20.5. The van der Waals surface area contributed by atoms with Crippen molar-refractivity contribution in [2.45, 2.75) is 27.3 Å². The van der Waals surface area contributed by atoms with Crippen LogP contribution in [0.1, 0.15) is 37.0 Å². The van der Waals surface area contributed by atoms with Gasteiger partial charge in [-0.05, 0) is 45.0 Å². The summed E-state index contributed by atoms with van der Waals surface area (Å²) in [4.78, 5) is 17.4. The molecule has 1 amide bonds. The number of nitrogens with zero attached hydrogens (tertiary/aromatic N) is 2. The second-order valence-corrected chi connectivity index (χ2v) is 6.36. The molecule has 1 aromatic heterocycles. The topological polar surface area (TPSA) is 74.6 Å². The van der Waals surface area contributed by atoms with Gasteiger partial charge in [0.1, 0.15) is 5.82 Å². The maximum atomic E-state index is 12.8. The summed E-state index contributed by atoms with van der Waals surface area (Å²) in [6.45, 7) is 7.35. The number of imidazole rings is 1. The summed E-state index contributed by atoms with van der Waals surface area (Å²) in [5.41, 5.74) is 2.37. The fourth-order valence-corrected chi connectivity index (χ4v) is 3.13. The van der Waals surface area contributed by atoms with Crippen LogP contribution < -0.4 is 19.5 Å². The van der Waals surface area contributed by atoms with Crippen molar-refractivity contribution in [3.63, 3.8) is 0 Å². The van der Waals surface area contributed by atoms with Gasteiger partial charge >= 0.3 is 0 Å². The Morgan fingerprint density at radius 3 is 2.21 bits per heavy atom. The summed E-state index contributed by atoms with van der Waals surface area (Å²) in [6, 6.07) is 11.2. The first-order valence-electron chi connectivity index (χ1n) is 9.83. The summed E-state index contributed by atoms with van der Waals surface area (Å²) < 4.78 is 19.0. The molecule has 0 atom stereocenters. The van der Waals surface area contributed by atoms with Gasteiger partial charge in [-0.1, -0.05) is 12.1 Å². The number of ether oxygens (including phenoxy) is 3. The summed E-state index contributed by atoms with van der Waals surface area (Å²) in [5, 5.41) is 2.93. The normalized spacial score (nSPS) is 10.8. The zero-order valence-corrected chi connectivity index (χ0v) is 17.3. The van der Waals surface area contributed by atoms with Crippen molar-refractivity contribution in [3.05, 3.63) is 47.8 Å². The minimum Gasteiger partial charge on any atom is -0.490 e. The number of hydrogen-bond donors (Lipinski definition) is 1. The third kappa shape index (κ3) is 4.45. The molecule has 0 saturated carbocycles. The van der Waals surface area contributed by atoms with Gasteiger partial charge in [0.2, 0.25) is 5.75 Å². The number of carbonyl (C=O) groups excluding carboxylic acids is 1. The second-order valence-electron chi connectivity index (χ2n) is 6.36. The average Bonchev–Trinajstić information content (AvgIpc) is 3.04. The minimum absolute atomic E-state index is 0.234. The molecule has 0 aliphatic carbocycles. The highest BCUT2D eigenvalue weighted by molar-refractivity contribution is 5.95. The lowest BCUT2D eigenvalue weighted by Gasteiger charge is -2.17. The Balaban J connectivity index is 1.84. The van der Waals surface area contributed by atoms with Gasteiger partial charge in [0.15, 0.2) is 11.5 Å². The molecule has 1 N–H and O–H groups in total. The van der Waals surface area contributed by atoms with Gasteiger partial charge in [0.25, 0.3) is 5.91 Å². The third-order valence-electron chi connectivity index (χ3n) is 4.46. The van der Waals surface area contributed by atoms with Crippen LogP contribution in [0.4, 0.5) is 0 Å². The Kier molecular flexibility index (Phi) is 6.59. The van der Waals surface area contributed by atoms with E-state index in [0.717, 1.165) is 16.9 Å². The minimum atomic E-state index is -0.234. The van der Waals surface area contributed by atoms with Crippen molar-refractivity contribution in [3.8, 4) is 17.2 Å². The van der Waals surface area contributed by atoms with Crippen molar-refractivity contribution < 1.29 is 19.0 Å². The van der Waals surface area contributed by atoms with E-state index in [1.165, 1.54) is 0 Å². The molecule has 0 saturated heterocycles. The molecule has 3 rings (SSSR count). The van der Waals surface area contributed by atoms with E-state index in [1.807, 2.05) is 56.7 Å². The second kappa shape index (κ2) is 9.32. The predicted octanol–water partition coefficient (Wildman–Crippen LogP) is 3.70. The lowest BCUT2D eigenvalue weighted by Crippen LogP contribution is -2.24. The summed E-state index contributed by atoms with van der Waals surface area (Å²) in [5.74, 6) is 2.05. The average molecular weight is 397 g/mol. The van der Waals surface area contributed by atoms with Crippen molar-refractivity contribution in [1.82, 2.24) is 14.9 Å². The molecule has 3 aromatic rings. The van der Waals surface area contributed by atoms with Crippen LogP contribution in [0.2, 0.25) is 0 Å². The smallest absolute Gasteiger partial charge is 0.251 e. The zero-order chi connectivity index (χ0) is 20.8. The first-order chi connectivity index (χ1) is 14.1. The lowest BCUT2D eigenvalue weighted by atomic mass is 10.1. The first-order valence-corrected chi connectivity index (χ1v) is 9.83. The van der Waals surface area contributed by atoms with Gasteiger partial charge < -0.3 is 24.1 Å². The fraction of sp³-hybridized carbons (Fsp3) is 0.364. The molecule has 0 spiro atoms. The molecule has 0 unspecified atom stereocenters. The predicted molar refractivity (Wildman–Crippen MR) is 112 cm³/mol. The number of amides is 1. The quantitative estimate of drug-likeness (QED) is 0.596. The molecule has 0 bridgehead atoms. The number of fused-ring (bicyclic) bond motifs is 1. The number of nitrogens with one attached hydrogen (secondary N) is 1. The Hall–Kier alpha value is -3.22. The maximum Gasteiger partial charge on any atom is 0.251 e. The van der Waals surface area contributed by atoms with Crippen molar-refractivity contribution in [1.29, 1.82) is 0 Å². The van der Waals surface area contributed by atoms with E-state index >= 15 is 0 Å². The van der Waals surface area contributed by atoms with Crippen LogP contribution in [0.3, 0.4) is 0 Å². The van der Waals surface area contributed by atoms with Gasteiger partial charge in [0.05, 0.1) is 37.4 Å². The number of carbonyl (C=O) groups is 1. The molecule has 0 radical (unpaired) electrons. The SMILES string of the molecule is CCOc1cc(C(=O)NCc2nc3ccccc3n2C)cc(OCC)c1OCC. The summed E-state index contributed by atoms with van der Waals surface area (Å²) >= 11 is 0. The van der Waals surface area contributed by atoms with Crippen LogP contribution in [0, 0.1) is 0 Å². The number of hydrogen-bond acceptors (Lipinski definition) is 5. The van der Waals surface area contributed by atoms with Crippen LogP contribution in [0.25, 0.3) is 11.0 Å². The Morgan fingerprint density at radius 1 is 1.00 bits per heavy atom. The number of aryl methyl sites for hydroxylation is 1. The Bertz CT molecular complexity index is 970. The number of para-hydroxylation sites is 2. The highest BCUT2D eigenvalue weighted by atomic mass is 16.5.